The van der Waals surface area contributed by atoms with Gasteiger partial charge in [0.2, 0.25) is 0 Å². The predicted molar refractivity (Wildman–Crippen MR) is 70.8 cm³/mol. The van der Waals surface area contributed by atoms with Crippen LogP contribution in [0.4, 0.5) is 0 Å². The molecule has 0 aliphatic heterocycles. The third-order valence-corrected chi connectivity index (χ3v) is 3.09. The highest BCUT2D eigenvalue weighted by Gasteiger charge is 2.17. The van der Waals surface area contributed by atoms with E-state index in [0.717, 1.165) is 22.4 Å². The molecule has 0 amide bonds. The van der Waals surface area contributed by atoms with Gasteiger partial charge in [0, 0.05) is 12.6 Å². The van der Waals surface area contributed by atoms with Crippen molar-refractivity contribution < 1.29 is 0 Å². The SMILES string of the molecule is Cc1ccc2c(Br)nc(CC(C)(C)C)n2c1. The van der Waals surface area contributed by atoms with Crippen LogP contribution in [-0.2, 0) is 6.42 Å². The molecular weight excluding hydrogens is 264 g/mol. The summed E-state index contributed by atoms with van der Waals surface area (Å²) in [7, 11) is 0. The summed E-state index contributed by atoms with van der Waals surface area (Å²) in [5, 5.41) is 0. The molecular formula is C13H17BrN2. The van der Waals surface area contributed by atoms with Crippen LogP contribution in [-0.4, -0.2) is 9.38 Å². The summed E-state index contributed by atoms with van der Waals surface area (Å²) >= 11 is 3.52. The molecule has 0 saturated carbocycles. The standard InChI is InChI=1S/C13H17BrN2/c1-9-5-6-10-12(14)15-11(16(10)8-9)7-13(2,3)4/h5-6,8H,7H2,1-4H3. The van der Waals surface area contributed by atoms with Gasteiger partial charge in [-0.2, -0.15) is 0 Å². The van der Waals surface area contributed by atoms with E-state index in [9.17, 15) is 0 Å². The van der Waals surface area contributed by atoms with Crippen molar-refractivity contribution in [2.75, 3.05) is 0 Å². The summed E-state index contributed by atoms with van der Waals surface area (Å²) in [4.78, 5) is 4.60. The van der Waals surface area contributed by atoms with Gasteiger partial charge in [-0.1, -0.05) is 26.8 Å². The van der Waals surface area contributed by atoms with Gasteiger partial charge < -0.3 is 4.40 Å². The minimum atomic E-state index is 0.254. The number of nitrogens with zero attached hydrogens (tertiary/aromatic N) is 2. The van der Waals surface area contributed by atoms with Crippen molar-refractivity contribution in [2.45, 2.75) is 34.1 Å². The van der Waals surface area contributed by atoms with Crippen LogP contribution in [0.3, 0.4) is 0 Å². The van der Waals surface area contributed by atoms with E-state index >= 15 is 0 Å². The maximum absolute atomic E-state index is 4.60. The zero-order valence-electron chi connectivity index (χ0n) is 10.2. The van der Waals surface area contributed by atoms with Gasteiger partial charge in [-0.05, 0) is 39.9 Å². The Hall–Kier alpha value is -0.830. The Morgan fingerprint density at radius 2 is 2.00 bits per heavy atom. The summed E-state index contributed by atoms with van der Waals surface area (Å²) in [6.45, 7) is 8.81. The van der Waals surface area contributed by atoms with E-state index in [0.29, 0.717) is 0 Å². The normalized spacial score (nSPS) is 12.3. The predicted octanol–water partition coefficient (Wildman–Crippen LogP) is 3.99. The Bertz CT molecular complexity index is 520. The lowest BCUT2D eigenvalue weighted by Crippen LogP contribution is -2.12. The molecule has 2 aromatic heterocycles. The molecule has 86 valence electrons. The van der Waals surface area contributed by atoms with E-state index in [4.69, 9.17) is 0 Å². The fourth-order valence-electron chi connectivity index (χ4n) is 1.81. The topological polar surface area (TPSA) is 17.3 Å². The average molecular weight is 281 g/mol. The molecule has 0 aromatic carbocycles. The van der Waals surface area contributed by atoms with Crippen LogP contribution in [0.25, 0.3) is 5.52 Å². The van der Waals surface area contributed by atoms with Crippen molar-refractivity contribution in [3.05, 3.63) is 34.3 Å². The second kappa shape index (κ2) is 3.88. The van der Waals surface area contributed by atoms with Crippen molar-refractivity contribution in [3.63, 3.8) is 0 Å². The minimum Gasteiger partial charge on any atom is -0.302 e. The Morgan fingerprint density at radius 1 is 1.31 bits per heavy atom. The average Bonchev–Trinajstić information content (AvgIpc) is 2.40. The Kier molecular flexibility index (Phi) is 2.82. The molecule has 0 radical (unpaired) electrons. The van der Waals surface area contributed by atoms with Crippen LogP contribution in [0.15, 0.2) is 22.9 Å². The molecule has 0 spiro atoms. The molecule has 0 aliphatic carbocycles. The highest BCUT2D eigenvalue weighted by molar-refractivity contribution is 9.10. The molecule has 0 N–H and O–H groups in total. The number of halogens is 1. The number of aromatic nitrogens is 2. The van der Waals surface area contributed by atoms with Crippen molar-refractivity contribution in [1.29, 1.82) is 0 Å². The monoisotopic (exact) mass is 280 g/mol. The van der Waals surface area contributed by atoms with Crippen LogP contribution in [0.2, 0.25) is 0 Å². The highest BCUT2D eigenvalue weighted by Crippen LogP contribution is 2.25. The Morgan fingerprint density at radius 3 is 2.62 bits per heavy atom. The third-order valence-electron chi connectivity index (χ3n) is 2.50. The number of hydrogen-bond acceptors (Lipinski definition) is 1. The third kappa shape index (κ3) is 2.29. The first-order valence-electron chi connectivity index (χ1n) is 5.50. The molecule has 0 fully saturated rings. The molecule has 2 heterocycles. The highest BCUT2D eigenvalue weighted by atomic mass is 79.9. The van der Waals surface area contributed by atoms with E-state index in [-0.39, 0.29) is 5.41 Å². The zero-order chi connectivity index (χ0) is 11.9. The number of pyridine rings is 1. The second-order valence-corrected chi connectivity index (χ2v) is 6.27. The minimum absolute atomic E-state index is 0.254. The molecule has 2 rings (SSSR count). The smallest absolute Gasteiger partial charge is 0.132 e. The second-order valence-electron chi connectivity index (χ2n) is 5.52. The first-order valence-corrected chi connectivity index (χ1v) is 6.29. The van der Waals surface area contributed by atoms with Gasteiger partial charge in [0.25, 0.3) is 0 Å². The molecule has 0 bridgehead atoms. The maximum atomic E-state index is 4.60. The van der Waals surface area contributed by atoms with Crippen LogP contribution >= 0.6 is 15.9 Å². The van der Waals surface area contributed by atoms with E-state index < -0.39 is 0 Å². The van der Waals surface area contributed by atoms with Crippen LogP contribution < -0.4 is 0 Å². The lowest BCUT2D eigenvalue weighted by atomic mass is 9.92. The van der Waals surface area contributed by atoms with E-state index in [1.54, 1.807) is 0 Å². The molecule has 2 aromatic rings. The molecule has 16 heavy (non-hydrogen) atoms. The van der Waals surface area contributed by atoms with Crippen LogP contribution in [0, 0.1) is 12.3 Å². The van der Waals surface area contributed by atoms with Gasteiger partial charge in [-0.15, -0.1) is 0 Å². The summed E-state index contributed by atoms with van der Waals surface area (Å²) in [6, 6.07) is 4.22. The number of rotatable bonds is 1. The fourth-order valence-corrected chi connectivity index (χ4v) is 2.34. The molecule has 0 aliphatic rings. The Labute approximate surface area is 105 Å². The number of fused-ring (bicyclic) bond motifs is 1. The van der Waals surface area contributed by atoms with Gasteiger partial charge in [0.15, 0.2) is 0 Å². The van der Waals surface area contributed by atoms with E-state index in [1.165, 1.54) is 5.56 Å². The van der Waals surface area contributed by atoms with E-state index in [1.807, 2.05) is 0 Å². The molecule has 2 nitrogen and oxygen atoms in total. The first-order chi connectivity index (χ1) is 7.37. The molecule has 0 unspecified atom stereocenters. The maximum Gasteiger partial charge on any atom is 0.132 e. The zero-order valence-corrected chi connectivity index (χ0v) is 11.8. The van der Waals surface area contributed by atoms with Gasteiger partial charge >= 0.3 is 0 Å². The fraction of sp³-hybridized carbons (Fsp3) is 0.462. The van der Waals surface area contributed by atoms with Gasteiger partial charge in [-0.3, -0.25) is 0 Å². The van der Waals surface area contributed by atoms with Crippen molar-refractivity contribution in [3.8, 4) is 0 Å². The van der Waals surface area contributed by atoms with Crippen molar-refractivity contribution in [1.82, 2.24) is 9.38 Å². The number of hydrogen-bond donors (Lipinski definition) is 0. The van der Waals surface area contributed by atoms with Gasteiger partial charge in [-0.25, -0.2) is 4.98 Å². The van der Waals surface area contributed by atoms with Crippen LogP contribution in [0.5, 0.6) is 0 Å². The Balaban J connectivity index is 2.57. The van der Waals surface area contributed by atoms with E-state index in [2.05, 4.69) is 71.3 Å². The molecule has 0 atom stereocenters. The quantitative estimate of drug-likeness (QED) is 0.772. The van der Waals surface area contributed by atoms with Crippen LogP contribution in [0.1, 0.15) is 32.2 Å². The largest absolute Gasteiger partial charge is 0.302 e. The molecule has 3 heteroatoms. The van der Waals surface area contributed by atoms with Crippen molar-refractivity contribution in [2.24, 2.45) is 5.41 Å². The van der Waals surface area contributed by atoms with Gasteiger partial charge in [0.1, 0.15) is 10.4 Å². The lowest BCUT2D eigenvalue weighted by molar-refractivity contribution is 0.400. The summed E-state index contributed by atoms with van der Waals surface area (Å²) in [5.74, 6) is 1.12. The number of aryl methyl sites for hydroxylation is 1. The summed E-state index contributed by atoms with van der Waals surface area (Å²) in [5.41, 5.74) is 2.65. The lowest BCUT2D eigenvalue weighted by Gasteiger charge is -2.16. The van der Waals surface area contributed by atoms with Crippen molar-refractivity contribution >= 4 is 21.4 Å². The molecule has 0 saturated heterocycles. The summed E-state index contributed by atoms with van der Waals surface area (Å²) < 4.78 is 3.12. The number of imidazole rings is 1. The summed E-state index contributed by atoms with van der Waals surface area (Å²) in [6.07, 6.45) is 3.12. The first kappa shape index (κ1) is 11.6. The van der Waals surface area contributed by atoms with Gasteiger partial charge in [0.05, 0.1) is 5.52 Å².